The number of rotatable bonds is 20. The number of nitrogens with zero attached hydrogens (tertiary/aromatic N) is 5. The van der Waals surface area contributed by atoms with Gasteiger partial charge in [0.1, 0.15) is 11.3 Å². The fourth-order valence-electron chi connectivity index (χ4n) is 6.54. The number of ether oxygens (including phenoxy) is 4. The highest BCUT2D eigenvalue weighted by molar-refractivity contribution is 6.12. The molecule has 3 aromatic rings. The molecule has 1 fully saturated rings. The lowest BCUT2D eigenvalue weighted by Crippen LogP contribution is -2.30. The molecular formula is C43H56F3N7O7. The molecule has 0 bridgehead atoms. The first-order valence-corrected chi connectivity index (χ1v) is 20.3. The van der Waals surface area contributed by atoms with E-state index in [-0.39, 0.29) is 41.8 Å². The van der Waals surface area contributed by atoms with E-state index in [9.17, 15) is 27.6 Å². The number of anilines is 3. The van der Waals surface area contributed by atoms with Gasteiger partial charge in [-0.3, -0.25) is 24.0 Å². The smallest absolute Gasteiger partial charge is 0.416 e. The Balaban J connectivity index is 1.11. The van der Waals surface area contributed by atoms with E-state index in [0.29, 0.717) is 58.2 Å². The minimum absolute atomic E-state index is 0.157. The first-order valence-electron chi connectivity index (χ1n) is 20.3. The van der Waals surface area contributed by atoms with Crippen molar-refractivity contribution in [2.24, 2.45) is 0 Å². The van der Waals surface area contributed by atoms with Gasteiger partial charge in [-0.05, 0) is 89.9 Å². The molecule has 1 aliphatic carbocycles. The minimum atomic E-state index is -4.48. The zero-order valence-electron chi connectivity index (χ0n) is 34.8. The van der Waals surface area contributed by atoms with Crippen LogP contribution in [0, 0.1) is 0 Å². The van der Waals surface area contributed by atoms with E-state index in [2.05, 4.69) is 25.6 Å². The van der Waals surface area contributed by atoms with Gasteiger partial charge in [-0.1, -0.05) is 18.2 Å². The third-order valence-electron chi connectivity index (χ3n) is 9.48. The Kier molecular flexibility index (Phi) is 16.8. The van der Waals surface area contributed by atoms with Crippen LogP contribution in [0.3, 0.4) is 0 Å². The van der Waals surface area contributed by atoms with Crippen LogP contribution in [0.1, 0.15) is 85.5 Å². The first kappa shape index (κ1) is 46.0. The molecule has 2 amide bonds. The molecular weight excluding hydrogens is 784 g/mol. The topological polar surface area (TPSA) is 149 Å². The molecule has 60 heavy (non-hydrogen) atoms. The van der Waals surface area contributed by atoms with Crippen molar-refractivity contribution in [3.8, 4) is 0 Å². The average molecular weight is 840 g/mol. The maximum absolute atomic E-state index is 13.8. The van der Waals surface area contributed by atoms with E-state index >= 15 is 0 Å². The van der Waals surface area contributed by atoms with Crippen molar-refractivity contribution < 1.29 is 46.5 Å². The van der Waals surface area contributed by atoms with Gasteiger partial charge in [0.25, 0.3) is 11.8 Å². The summed E-state index contributed by atoms with van der Waals surface area (Å²) in [6.07, 6.45) is 4.34. The average Bonchev–Trinajstić information content (AvgIpc) is 3.68. The predicted octanol–water partition coefficient (Wildman–Crippen LogP) is 6.98. The van der Waals surface area contributed by atoms with Crippen molar-refractivity contribution in [1.29, 1.82) is 0 Å². The largest absolute Gasteiger partial charge is 0.460 e. The molecule has 1 atom stereocenters. The molecule has 1 unspecified atom stereocenters. The Morgan fingerprint density at radius 2 is 1.60 bits per heavy atom. The number of hydrogen-bond donors (Lipinski definition) is 2. The van der Waals surface area contributed by atoms with Crippen LogP contribution in [0.5, 0.6) is 0 Å². The lowest BCUT2D eigenvalue weighted by atomic mass is 10.0. The maximum atomic E-state index is 13.8. The number of carbonyl (C=O) groups is 3. The number of carbonyl (C=O) groups excluding carboxylic acids is 3. The number of nitrogens with one attached hydrogen (secondary N) is 2. The molecule has 5 rings (SSSR count). The highest BCUT2D eigenvalue weighted by Gasteiger charge is 2.34. The zero-order chi connectivity index (χ0) is 43.1. The molecule has 0 saturated carbocycles. The van der Waals surface area contributed by atoms with Crippen molar-refractivity contribution in [1.82, 2.24) is 19.7 Å². The molecule has 1 aromatic carbocycles. The van der Waals surface area contributed by atoms with E-state index in [4.69, 9.17) is 18.9 Å². The van der Waals surface area contributed by atoms with Gasteiger partial charge >= 0.3 is 12.1 Å². The SMILES string of the molecule is CN(CCOCCOCCOCCC(=O)OC(C)(C)C)Cc1cccc(C(=O)Nc2ccc(N3CCCCC3)cc2C(=O)Nc2ccn(C3C=C(C(F)(F)F)C=CC3)n2)n1. The van der Waals surface area contributed by atoms with Gasteiger partial charge in [0, 0.05) is 44.1 Å². The van der Waals surface area contributed by atoms with E-state index < -0.39 is 35.2 Å². The van der Waals surface area contributed by atoms with E-state index in [1.165, 1.54) is 23.0 Å². The van der Waals surface area contributed by atoms with Crippen LogP contribution < -0.4 is 15.5 Å². The third kappa shape index (κ3) is 14.9. The quantitative estimate of drug-likeness (QED) is 0.0897. The number of aromatic nitrogens is 3. The third-order valence-corrected chi connectivity index (χ3v) is 9.48. The van der Waals surface area contributed by atoms with Crippen molar-refractivity contribution in [3.05, 3.63) is 89.4 Å². The molecule has 1 saturated heterocycles. The van der Waals surface area contributed by atoms with Gasteiger partial charge in [0.15, 0.2) is 5.82 Å². The van der Waals surface area contributed by atoms with Gasteiger partial charge in [-0.25, -0.2) is 4.98 Å². The molecule has 0 spiro atoms. The fourth-order valence-corrected chi connectivity index (χ4v) is 6.54. The summed E-state index contributed by atoms with van der Waals surface area (Å²) in [4.78, 5) is 47.9. The zero-order valence-corrected chi connectivity index (χ0v) is 34.8. The minimum Gasteiger partial charge on any atom is -0.460 e. The lowest BCUT2D eigenvalue weighted by molar-refractivity contribution is -0.156. The molecule has 17 heteroatoms. The van der Waals surface area contributed by atoms with E-state index in [1.54, 1.807) is 24.3 Å². The Morgan fingerprint density at radius 1 is 0.883 bits per heavy atom. The van der Waals surface area contributed by atoms with Crippen LogP contribution >= 0.6 is 0 Å². The van der Waals surface area contributed by atoms with Crippen LogP contribution in [0.15, 0.2) is 72.5 Å². The summed E-state index contributed by atoms with van der Waals surface area (Å²) in [6, 6.07) is 11.3. The van der Waals surface area contributed by atoms with Crippen LogP contribution in [-0.4, -0.2) is 116 Å². The summed E-state index contributed by atoms with van der Waals surface area (Å²) in [6.45, 7) is 10.5. The van der Waals surface area contributed by atoms with Crippen molar-refractivity contribution in [2.75, 3.05) is 81.9 Å². The molecule has 2 aromatic heterocycles. The number of likely N-dealkylation sites (N-methyl/N-ethyl adjacent to an activating group) is 1. The number of hydrogen-bond acceptors (Lipinski definition) is 11. The summed E-state index contributed by atoms with van der Waals surface area (Å²) < 4.78 is 63.3. The standard InChI is InChI=1S/C43H56F3N7O7/c1-42(2,3)60-39(54)17-22-57-24-26-59-27-25-58-23-21-51(4)30-32-11-9-13-37(47-32)41(56)48-36-15-14-33(52-18-6-5-7-19-52)29-35(36)40(55)49-38-16-20-53(50-38)34-12-8-10-31(28-34)43(44,45)46/h8-11,13-16,20,28-29,34H,5-7,12,17-19,21-27,30H2,1-4H3,(H,48,56)(H,49,50,55). The number of piperidine rings is 1. The molecule has 14 nitrogen and oxygen atoms in total. The monoisotopic (exact) mass is 839 g/mol. The summed E-state index contributed by atoms with van der Waals surface area (Å²) in [5.41, 5.74) is 0.869. The summed E-state index contributed by atoms with van der Waals surface area (Å²) in [5, 5.41) is 9.98. The highest BCUT2D eigenvalue weighted by Crippen LogP contribution is 2.33. The van der Waals surface area contributed by atoms with Gasteiger partial charge in [-0.2, -0.15) is 18.3 Å². The highest BCUT2D eigenvalue weighted by atomic mass is 19.4. The number of benzene rings is 1. The molecule has 2 aliphatic rings. The van der Waals surface area contributed by atoms with Crippen molar-refractivity contribution >= 4 is 35.0 Å². The Hall–Kier alpha value is -5.10. The maximum Gasteiger partial charge on any atom is 0.416 e. The molecule has 326 valence electrons. The number of alkyl halides is 3. The Labute approximate surface area is 349 Å². The van der Waals surface area contributed by atoms with Crippen molar-refractivity contribution in [3.63, 3.8) is 0 Å². The lowest BCUT2D eigenvalue weighted by Gasteiger charge is -2.29. The first-order chi connectivity index (χ1) is 28.6. The van der Waals surface area contributed by atoms with E-state index in [0.717, 1.165) is 50.2 Å². The van der Waals surface area contributed by atoms with Crippen LogP contribution in [-0.2, 0) is 30.3 Å². The fraction of sp³-hybridized carbons (Fsp3) is 0.512. The number of amides is 2. The van der Waals surface area contributed by atoms with Crippen molar-refractivity contribution in [2.45, 2.75) is 77.2 Å². The molecule has 0 radical (unpaired) electrons. The number of allylic oxidation sites excluding steroid dienone is 4. The van der Waals surface area contributed by atoms with Gasteiger partial charge < -0.3 is 34.5 Å². The predicted molar refractivity (Wildman–Crippen MR) is 221 cm³/mol. The number of halogens is 3. The Morgan fingerprint density at radius 3 is 2.32 bits per heavy atom. The van der Waals surface area contributed by atoms with Crippen LogP contribution in [0.4, 0.5) is 30.4 Å². The summed E-state index contributed by atoms with van der Waals surface area (Å²) in [7, 11) is 1.92. The second kappa shape index (κ2) is 21.9. The van der Waals surface area contributed by atoms with Gasteiger partial charge in [0.05, 0.1) is 74.6 Å². The van der Waals surface area contributed by atoms with Gasteiger partial charge in [-0.15, -0.1) is 0 Å². The molecule has 2 N–H and O–H groups in total. The number of pyridine rings is 1. The van der Waals surface area contributed by atoms with E-state index in [1.807, 2.05) is 44.9 Å². The summed E-state index contributed by atoms with van der Waals surface area (Å²) >= 11 is 0. The second-order valence-electron chi connectivity index (χ2n) is 15.6. The summed E-state index contributed by atoms with van der Waals surface area (Å²) in [5.74, 6) is -1.18. The second-order valence-corrected chi connectivity index (χ2v) is 15.6. The van der Waals surface area contributed by atoms with Crippen LogP contribution in [0.2, 0.25) is 0 Å². The van der Waals surface area contributed by atoms with Crippen LogP contribution in [0.25, 0.3) is 0 Å². The van der Waals surface area contributed by atoms with Gasteiger partial charge in [0.2, 0.25) is 0 Å². The number of esters is 1. The normalized spacial score (nSPS) is 15.8. The molecule has 1 aliphatic heterocycles. The Bertz CT molecular complexity index is 1950. The molecule has 3 heterocycles.